The predicted molar refractivity (Wildman–Crippen MR) is 132 cm³/mol. The molecule has 1 aromatic heterocycles. The van der Waals surface area contributed by atoms with Gasteiger partial charge >= 0.3 is 11.8 Å². The van der Waals surface area contributed by atoms with Crippen molar-refractivity contribution in [3.8, 4) is 11.8 Å². The van der Waals surface area contributed by atoms with Gasteiger partial charge in [0.05, 0.1) is 6.07 Å². The number of amides is 3. The lowest BCUT2D eigenvalue weighted by molar-refractivity contribution is -0.155. The summed E-state index contributed by atoms with van der Waals surface area (Å²) in [4.78, 5) is 59.1. The first-order chi connectivity index (χ1) is 17.9. The van der Waals surface area contributed by atoms with Crippen molar-refractivity contribution in [1.82, 2.24) is 24.7 Å². The van der Waals surface area contributed by atoms with Gasteiger partial charge in [0.25, 0.3) is 11.5 Å². The first kappa shape index (κ1) is 26.8. The van der Waals surface area contributed by atoms with E-state index in [2.05, 4.69) is 16.4 Å². The zero-order valence-corrected chi connectivity index (χ0v) is 21.5. The lowest BCUT2D eigenvalue weighted by Crippen LogP contribution is -2.54. The number of carbonyl (C=O) groups excluding carboxylic acids is 3. The molecular formula is C26H29FN6O5. The van der Waals surface area contributed by atoms with Crippen molar-refractivity contribution in [2.75, 3.05) is 21.1 Å². The number of hydrogen-bond acceptors (Lipinski definition) is 7. The van der Waals surface area contributed by atoms with Crippen molar-refractivity contribution in [2.45, 2.75) is 50.7 Å². The SMILES string of the molecule is CN(C)C(=O)C(=O)N(C)C12CCC(CC#N)(CC1)Cn1c2nc(C(=O)NCc2ccc(F)cc2)c(O)c1=O. The third kappa shape index (κ3) is 4.49. The van der Waals surface area contributed by atoms with Crippen LogP contribution in [0, 0.1) is 22.6 Å². The third-order valence-corrected chi connectivity index (χ3v) is 7.76. The van der Waals surface area contributed by atoms with Crippen molar-refractivity contribution in [1.29, 1.82) is 5.26 Å². The Morgan fingerprint density at radius 3 is 2.34 bits per heavy atom. The Labute approximate surface area is 218 Å². The van der Waals surface area contributed by atoms with Gasteiger partial charge in [-0.1, -0.05) is 12.1 Å². The van der Waals surface area contributed by atoms with E-state index in [4.69, 9.17) is 0 Å². The Balaban J connectivity index is 1.80. The van der Waals surface area contributed by atoms with E-state index >= 15 is 0 Å². The highest BCUT2D eigenvalue weighted by Crippen LogP contribution is 2.53. The highest BCUT2D eigenvalue weighted by atomic mass is 19.1. The van der Waals surface area contributed by atoms with Gasteiger partial charge < -0.3 is 20.2 Å². The van der Waals surface area contributed by atoms with E-state index in [1.807, 2.05) is 0 Å². The van der Waals surface area contributed by atoms with Crippen LogP contribution in [0.4, 0.5) is 4.39 Å². The number of aromatic nitrogens is 2. The molecule has 11 nitrogen and oxygen atoms in total. The average Bonchev–Trinajstić information content (AvgIpc) is 3.13. The molecule has 3 amide bonds. The fourth-order valence-electron chi connectivity index (χ4n) is 5.40. The van der Waals surface area contributed by atoms with Crippen molar-refractivity contribution in [3.63, 3.8) is 0 Å². The maximum atomic E-state index is 13.4. The standard InChI is InChI=1S/C26H29FN6O5/c1-31(2)22(37)23(38)32(3)26-10-8-25(9-11-26,12-13-28)15-33-21(36)19(34)18(30-24(26)33)20(35)29-14-16-4-6-17(27)7-5-16/h4-7,34H,8-12,14-15H2,1-3H3,(H,29,35). The molecule has 0 atom stereocenters. The van der Waals surface area contributed by atoms with Gasteiger partial charge in [-0.15, -0.1) is 0 Å². The van der Waals surface area contributed by atoms with Gasteiger partial charge in [-0.25, -0.2) is 9.37 Å². The van der Waals surface area contributed by atoms with Crippen molar-refractivity contribution in [2.24, 2.45) is 5.41 Å². The van der Waals surface area contributed by atoms with Crippen LogP contribution in [0.3, 0.4) is 0 Å². The number of fused-ring (bicyclic) bond motifs is 2. The molecule has 0 saturated heterocycles. The molecule has 2 aliphatic heterocycles. The molecule has 1 aliphatic carbocycles. The van der Waals surface area contributed by atoms with E-state index in [1.54, 1.807) is 0 Å². The van der Waals surface area contributed by atoms with Gasteiger partial charge in [0.1, 0.15) is 17.2 Å². The van der Waals surface area contributed by atoms with Crippen LogP contribution >= 0.6 is 0 Å². The Hall–Kier alpha value is -4.27. The fourth-order valence-corrected chi connectivity index (χ4v) is 5.40. The molecule has 0 radical (unpaired) electrons. The Morgan fingerprint density at radius 2 is 1.76 bits per heavy atom. The summed E-state index contributed by atoms with van der Waals surface area (Å²) in [6.45, 7) is 0.0724. The van der Waals surface area contributed by atoms with E-state index in [1.165, 1.54) is 54.9 Å². The minimum atomic E-state index is -1.21. The lowest BCUT2D eigenvalue weighted by atomic mass is 9.66. The molecule has 2 aromatic rings. The number of aromatic hydroxyl groups is 1. The van der Waals surface area contributed by atoms with Crippen LogP contribution in [-0.2, 0) is 28.2 Å². The number of nitrogens with zero attached hydrogens (tertiary/aromatic N) is 5. The highest BCUT2D eigenvalue weighted by Gasteiger charge is 2.54. The number of likely N-dealkylation sites (N-methyl/N-ethyl adjacent to an activating group) is 2. The second kappa shape index (κ2) is 9.89. The van der Waals surface area contributed by atoms with Gasteiger partial charge in [-0.3, -0.25) is 23.7 Å². The zero-order valence-electron chi connectivity index (χ0n) is 21.5. The first-order valence-corrected chi connectivity index (χ1v) is 12.2. The summed E-state index contributed by atoms with van der Waals surface area (Å²) < 4.78 is 14.4. The summed E-state index contributed by atoms with van der Waals surface area (Å²) in [5, 5.41) is 22.8. The topological polar surface area (TPSA) is 149 Å². The van der Waals surface area contributed by atoms with Gasteiger partial charge in [0, 0.05) is 46.1 Å². The van der Waals surface area contributed by atoms with Crippen LogP contribution in [0.5, 0.6) is 5.75 Å². The quantitative estimate of drug-likeness (QED) is 0.559. The molecule has 1 saturated carbocycles. The highest BCUT2D eigenvalue weighted by molar-refractivity contribution is 6.34. The monoisotopic (exact) mass is 524 g/mol. The molecule has 0 unspecified atom stereocenters. The fraction of sp³-hybridized carbons (Fsp3) is 0.462. The number of halogens is 1. The van der Waals surface area contributed by atoms with E-state index in [0.29, 0.717) is 31.2 Å². The molecule has 38 heavy (non-hydrogen) atoms. The summed E-state index contributed by atoms with van der Waals surface area (Å²) in [5.74, 6) is -3.59. The number of hydrogen-bond donors (Lipinski definition) is 2. The maximum absolute atomic E-state index is 13.4. The van der Waals surface area contributed by atoms with Crippen molar-refractivity contribution >= 4 is 17.7 Å². The lowest BCUT2D eigenvalue weighted by Gasteiger charge is -2.45. The van der Waals surface area contributed by atoms with Crippen molar-refractivity contribution in [3.05, 3.63) is 57.5 Å². The molecule has 1 fully saturated rings. The van der Waals surface area contributed by atoms with Gasteiger partial charge in [-0.05, 0) is 43.4 Å². The number of nitriles is 1. The molecule has 2 bridgehead atoms. The summed E-state index contributed by atoms with van der Waals surface area (Å²) in [6.07, 6.45) is 1.73. The Bertz CT molecular complexity index is 1390. The van der Waals surface area contributed by atoms with Crippen molar-refractivity contribution < 1.29 is 23.9 Å². The average molecular weight is 525 g/mol. The van der Waals surface area contributed by atoms with E-state index in [0.717, 1.165) is 4.90 Å². The minimum Gasteiger partial charge on any atom is -0.501 e. The molecule has 12 heteroatoms. The van der Waals surface area contributed by atoms with Crippen LogP contribution in [-0.4, -0.2) is 63.3 Å². The number of benzene rings is 1. The van der Waals surface area contributed by atoms with Crippen LogP contribution in [0.2, 0.25) is 0 Å². The van der Waals surface area contributed by atoms with Gasteiger partial charge in [0.2, 0.25) is 5.75 Å². The molecule has 0 spiro atoms. The van der Waals surface area contributed by atoms with Gasteiger partial charge in [-0.2, -0.15) is 5.26 Å². The van der Waals surface area contributed by atoms with Crippen LogP contribution in [0.25, 0.3) is 0 Å². The first-order valence-electron chi connectivity index (χ1n) is 12.2. The molecular weight excluding hydrogens is 495 g/mol. The summed E-state index contributed by atoms with van der Waals surface area (Å²) >= 11 is 0. The summed E-state index contributed by atoms with van der Waals surface area (Å²) in [7, 11) is 4.37. The number of nitrogens with one attached hydrogen (secondary N) is 1. The normalized spacial score (nSPS) is 21.6. The molecule has 200 valence electrons. The van der Waals surface area contributed by atoms with E-state index in [9.17, 15) is 33.9 Å². The smallest absolute Gasteiger partial charge is 0.312 e. The molecule has 1 aromatic carbocycles. The predicted octanol–water partition coefficient (Wildman–Crippen LogP) is 1.25. The molecule has 3 heterocycles. The largest absolute Gasteiger partial charge is 0.501 e. The van der Waals surface area contributed by atoms with E-state index in [-0.39, 0.29) is 25.3 Å². The molecule has 5 rings (SSSR count). The third-order valence-electron chi connectivity index (χ3n) is 7.76. The Morgan fingerprint density at radius 1 is 1.13 bits per heavy atom. The summed E-state index contributed by atoms with van der Waals surface area (Å²) in [5.41, 5.74) is -2.58. The Kier molecular flexibility index (Phi) is 6.97. The maximum Gasteiger partial charge on any atom is 0.312 e. The summed E-state index contributed by atoms with van der Waals surface area (Å²) in [6, 6.07) is 7.64. The van der Waals surface area contributed by atoms with E-state index < -0.39 is 51.5 Å². The number of carbonyl (C=O) groups is 3. The molecule has 3 aliphatic rings. The second-order valence-electron chi connectivity index (χ2n) is 10.3. The van der Waals surface area contributed by atoms with Crippen LogP contribution in [0.1, 0.15) is 54.0 Å². The number of rotatable bonds is 5. The molecule has 2 N–H and O–H groups in total. The zero-order chi connectivity index (χ0) is 27.8. The van der Waals surface area contributed by atoms with Gasteiger partial charge in [0.15, 0.2) is 5.69 Å². The van der Waals surface area contributed by atoms with Crippen LogP contribution in [0.15, 0.2) is 29.1 Å². The van der Waals surface area contributed by atoms with Crippen LogP contribution < -0.4 is 10.9 Å². The minimum absolute atomic E-state index is 0.00913. The second-order valence-corrected chi connectivity index (χ2v) is 10.3.